The van der Waals surface area contributed by atoms with Crippen LogP contribution in [0.2, 0.25) is 0 Å². The summed E-state index contributed by atoms with van der Waals surface area (Å²) in [7, 11) is 1.13. The van der Waals surface area contributed by atoms with Gasteiger partial charge in [0, 0.05) is 14.2 Å². The quantitative estimate of drug-likeness (QED) is 0.614. The van der Waals surface area contributed by atoms with Gasteiger partial charge in [0.2, 0.25) is 0 Å². The molecule has 6 nitrogen and oxygen atoms in total. The molecule has 0 aliphatic rings. The van der Waals surface area contributed by atoms with Crippen molar-refractivity contribution >= 4 is 8.60 Å². The Morgan fingerprint density at radius 3 is 2.05 bits per heavy atom. The van der Waals surface area contributed by atoms with Crippen molar-refractivity contribution in [3.05, 3.63) is 23.8 Å². The summed E-state index contributed by atoms with van der Waals surface area (Å²) in [6, 6.07) is 5.42. The summed E-state index contributed by atoms with van der Waals surface area (Å²) in [6.45, 7) is 2.09. The summed E-state index contributed by atoms with van der Waals surface area (Å²) < 4.78 is 9.92. The van der Waals surface area contributed by atoms with E-state index in [1.165, 1.54) is 7.11 Å². The molecule has 0 heterocycles. The van der Waals surface area contributed by atoms with Crippen molar-refractivity contribution in [1.82, 2.24) is 0 Å². The van der Waals surface area contributed by atoms with Crippen LogP contribution in [-0.4, -0.2) is 41.3 Å². The lowest BCUT2D eigenvalue weighted by molar-refractivity contribution is 0.351. The molecule has 1 aromatic rings. The van der Waals surface area contributed by atoms with Gasteiger partial charge < -0.3 is 29.3 Å². The number of benzene rings is 1. The molecule has 0 amide bonds. The minimum atomic E-state index is -2.40. The third-order valence-corrected chi connectivity index (χ3v) is 2.31. The molecule has 0 radical (unpaired) electrons. The molecule has 0 aliphatic carbocycles. The molecule has 0 aromatic heterocycles. The van der Waals surface area contributed by atoms with E-state index in [0.29, 0.717) is 11.5 Å². The van der Waals surface area contributed by atoms with Crippen molar-refractivity contribution in [2.24, 2.45) is 0 Å². The molecule has 0 fully saturated rings. The van der Waals surface area contributed by atoms with Crippen LogP contribution in [0.1, 0.15) is 18.9 Å². The second-order valence-electron chi connectivity index (χ2n) is 3.08. The predicted octanol–water partition coefficient (Wildman–Crippen LogP) is 1.45. The number of hydrogen-bond acceptors (Lipinski definition) is 6. The Bertz CT molecular complexity index is 319. The van der Waals surface area contributed by atoms with Gasteiger partial charge in [-0.3, -0.25) is 0 Å². The minimum Gasteiger partial charge on any atom is -0.493 e. The zero-order valence-corrected chi connectivity index (χ0v) is 12.6. The maximum Gasteiger partial charge on any atom is 0.391 e. The van der Waals surface area contributed by atoms with E-state index in [1.54, 1.807) is 6.07 Å². The Balaban J connectivity index is 0. The summed E-state index contributed by atoms with van der Waals surface area (Å²) in [6.07, 6.45) is 2.01. The highest BCUT2D eigenvalue weighted by molar-refractivity contribution is 7.39. The van der Waals surface area contributed by atoms with Crippen LogP contribution >= 0.6 is 8.60 Å². The first-order chi connectivity index (χ1) is 9.17. The van der Waals surface area contributed by atoms with Gasteiger partial charge in [-0.15, -0.1) is 0 Å². The van der Waals surface area contributed by atoms with Crippen LogP contribution in [0.15, 0.2) is 18.2 Å². The van der Waals surface area contributed by atoms with Crippen LogP contribution in [0.3, 0.4) is 0 Å². The number of aryl methyl sites for hydroxylation is 1. The molecule has 112 valence electrons. The van der Waals surface area contributed by atoms with Crippen LogP contribution in [-0.2, 0) is 6.42 Å². The highest BCUT2D eigenvalue weighted by atomic mass is 31.2. The summed E-state index contributed by atoms with van der Waals surface area (Å²) in [5.74, 6) is 0.880. The molecule has 1 aromatic carbocycles. The standard InChI is InChI=1S/C10H15O4P.2CH4O/c1-3-4-8-5-6-9(14-15(11)12)10(7-8)13-2;2*1-2/h5-7,11-12H,3-4H2,1-2H3;2*2H,1H3. The van der Waals surface area contributed by atoms with Crippen molar-refractivity contribution in [3.63, 3.8) is 0 Å². The fourth-order valence-corrected chi connectivity index (χ4v) is 1.65. The van der Waals surface area contributed by atoms with Gasteiger partial charge in [0.1, 0.15) is 0 Å². The molecule has 0 saturated heterocycles. The van der Waals surface area contributed by atoms with Crippen LogP contribution in [0.25, 0.3) is 0 Å². The molecule has 1 rings (SSSR count). The Hall–Kier alpha value is -0.910. The highest BCUT2D eigenvalue weighted by Gasteiger charge is 2.09. The lowest BCUT2D eigenvalue weighted by atomic mass is 10.1. The smallest absolute Gasteiger partial charge is 0.391 e. The maximum atomic E-state index is 8.74. The number of methoxy groups -OCH3 is 1. The van der Waals surface area contributed by atoms with Gasteiger partial charge >= 0.3 is 8.60 Å². The van der Waals surface area contributed by atoms with Gasteiger partial charge in [-0.25, -0.2) is 0 Å². The number of rotatable bonds is 5. The number of aliphatic hydroxyl groups is 2. The minimum absolute atomic E-state index is 0.355. The molecule has 4 N–H and O–H groups in total. The molecule has 0 spiro atoms. The Morgan fingerprint density at radius 2 is 1.63 bits per heavy atom. The molecular formula is C12H23O6P. The SMILES string of the molecule is CCCc1ccc(OP(O)O)c(OC)c1.CO.CO. The van der Waals surface area contributed by atoms with Crippen LogP contribution in [0, 0.1) is 0 Å². The summed E-state index contributed by atoms with van der Waals surface area (Å²) >= 11 is 0. The number of aliphatic hydroxyl groups excluding tert-OH is 2. The van der Waals surface area contributed by atoms with E-state index in [2.05, 4.69) is 6.92 Å². The lowest BCUT2D eigenvalue weighted by Crippen LogP contribution is -1.93. The third kappa shape index (κ3) is 8.75. The number of ether oxygens (including phenoxy) is 1. The van der Waals surface area contributed by atoms with E-state index in [9.17, 15) is 0 Å². The van der Waals surface area contributed by atoms with Gasteiger partial charge in [-0.1, -0.05) is 19.4 Å². The van der Waals surface area contributed by atoms with Gasteiger partial charge in [0.05, 0.1) is 7.11 Å². The monoisotopic (exact) mass is 294 g/mol. The zero-order valence-electron chi connectivity index (χ0n) is 11.7. The molecule has 0 saturated carbocycles. The average Bonchev–Trinajstić information content (AvgIpc) is 2.44. The first-order valence-electron chi connectivity index (χ1n) is 5.59. The molecule has 0 atom stereocenters. The van der Waals surface area contributed by atoms with Crippen LogP contribution < -0.4 is 9.26 Å². The fourth-order valence-electron chi connectivity index (χ4n) is 1.32. The molecule has 0 aliphatic heterocycles. The predicted molar refractivity (Wildman–Crippen MR) is 75.3 cm³/mol. The van der Waals surface area contributed by atoms with E-state index < -0.39 is 8.60 Å². The van der Waals surface area contributed by atoms with Gasteiger partial charge in [0.15, 0.2) is 11.5 Å². The topological polar surface area (TPSA) is 99.4 Å². The molecule has 19 heavy (non-hydrogen) atoms. The third-order valence-electron chi connectivity index (χ3n) is 1.95. The van der Waals surface area contributed by atoms with Gasteiger partial charge in [-0.05, 0) is 24.1 Å². The Labute approximate surface area is 115 Å². The molecule has 7 heteroatoms. The molecule has 0 bridgehead atoms. The van der Waals surface area contributed by atoms with Gasteiger partial charge in [0.25, 0.3) is 0 Å². The Morgan fingerprint density at radius 1 is 1.05 bits per heavy atom. The number of hydrogen-bond donors (Lipinski definition) is 4. The molecular weight excluding hydrogens is 271 g/mol. The van der Waals surface area contributed by atoms with Crippen molar-refractivity contribution in [1.29, 1.82) is 0 Å². The summed E-state index contributed by atoms with van der Waals surface area (Å²) in [4.78, 5) is 17.5. The van der Waals surface area contributed by atoms with E-state index >= 15 is 0 Å². The fraction of sp³-hybridized carbons (Fsp3) is 0.500. The van der Waals surface area contributed by atoms with E-state index in [1.807, 2.05) is 12.1 Å². The van der Waals surface area contributed by atoms with Crippen molar-refractivity contribution in [2.45, 2.75) is 19.8 Å². The normalized spacial score (nSPS) is 8.89. The second-order valence-corrected chi connectivity index (χ2v) is 3.77. The first-order valence-corrected chi connectivity index (χ1v) is 6.76. The van der Waals surface area contributed by atoms with Crippen molar-refractivity contribution in [2.75, 3.05) is 21.3 Å². The van der Waals surface area contributed by atoms with Crippen molar-refractivity contribution in [3.8, 4) is 11.5 Å². The maximum absolute atomic E-state index is 8.74. The van der Waals surface area contributed by atoms with E-state index in [4.69, 9.17) is 29.3 Å². The first kappa shape index (κ1) is 20.4. The summed E-state index contributed by atoms with van der Waals surface area (Å²) in [5.41, 5.74) is 1.14. The Kier molecular flexibility index (Phi) is 14.5. The molecule has 0 unspecified atom stereocenters. The van der Waals surface area contributed by atoms with Crippen LogP contribution in [0.5, 0.6) is 11.5 Å². The zero-order chi connectivity index (χ0) is 15.3. The lowest BCUT2D eigenvalue weighted by Gasteiger charge is -2.11. The summed E-state index contributed by atoms with van der Waals surface area (Å²) in [5, 5.41) is 14.0. The second kappa shape index (κ2) is 13.5. The average molecular weight is 294 g/mol. The largest absolute Gasteiger partial charge is 0.493 e. The van der Waals surface area contributed by atoms with Crippen LogP contribution in [0.4, 0.5) is 0 Å². The van der Waals surface area contributed by atoms with E-state index in [-0.39, 0.29) is 0 Å². The van der Waals surface area contributed by atoms with Gasteiger partial charge in [-0.2, -0.15) is 0 Å². The van der Waals surface area contributed by atoms with E-state index in [0.717, 1.165) is 32.6 Å². The van der Waals surface area contributed by atoms with Crippen molar-refractivity contribution < 1.29 is 29.3 Å². The highest BCUT2D eigenvalue weighted by Crippen LogP contribution is 2.36.